The quantitative estimate of drug-likeness (QED) is 0.756. The molecule has 0 saturated heterocycles. The third kappa shape index (κ3) is 3.78. The van der Waals surface area contributed by atoms with Gasteiger partial charge in [-0.2, -0.15) is 0 Å². The van der Waals surface area contributed by atoms with Crippen LogP contribution in [0.25, 0.3) is 10.9 Å². The molecule has 3 rings (SSSR count). The second kappa shape index (κ2) is 7.23. The van der Waals surface area contributed by atoms with Crippen molar-refractivity contribution in [3.05, 3.63) is 70.5 Å². The van der Waals surface area contributed by atoms with E-state index in [4.69, 9.17) is 4.74 Å². The SMILES string of the molecule is CN(CCOc1ccccc1F)Cc1nc2ccccc2c(=O)[nH]1. The Morgan fingerprint density at radius 1 is 1.17 bits per heavy atom. The van der Waals surface area contributed by atoms with Crippen molar-refractivity contribution in [3.8, 4) is 5.75 Å². The molecule has 0 spiro atoms. The molecule has 6 heteroatoms. The molecule has 0 saturated carbocycles. The second-order valence-corrected chi connectivity index (χ2v) is 5.55. The van der Waals surface area contributed by atoms with E-state index in [-0.39, 0.29) is 17.1 Å². The average molecular weight is 327 g/mol. The number of halogens is 1. The summed E-state index contributed by atoms with van der Waals surface area (Å²) in [7, 11) is 1.89. The number of aromatic nitrogens is 2. The molecule has 0 bridgehead atoms. The predicted octanol–water partition coefficient (Wildman–Crippen LogP) is 2.57. The lowest BCUT2D eigenvalue weighted by Crippen LogP contribution is -2.26. The van der Waals surface area contributed by atoms with E-state index in [1.807, 2.05) is 30.1 Å². The minimum atomic E-state index is -0.374. The summed E-state index contributed by atoms with van der Waals surface area (Å²) in [5, 5.41) is 0.576. The van der Waals surface area contributed by atoms with E-state index < -0.39 is 0 Å². The number of rotatable bonds is 6. The Balaban J connectivity index is 1.60. The molecule has 0 amide bonds. The third-order valence-corrected chi connectivity index (χ3v) is 3.65. The summed E-state index contributed by atoms with van der Waals surface area (Å²) in [5.41, 5.74) is 0.527. The van der Waals surface area contributed by atoms with Crippen molar-refractivity contribution in [2.75, 3.05) is 20.2 Å². The van der Waals surface area contributed by atoms with Crippen molar-refractivity contribution in [2.45, 2.75) is 6.54 Å². The van der Waals surface area contributed by atoms with Crippen LogP contribution in [0.3, 0.4) is 0 Å². The molecule has 1 N–H and O–H groups in total. The number of H-pyrrole nitrogens is 1. The molecule has 1 aromatic heterocycles. The zero-order valence-corrected chi connectivity index (χ0v) is 13.3. The van der Waals surface area contributed by atoms with Crippen LogP contribution >= 0.6 is 0 Å². The van der Waals surface area contributed by atoms with Crippen LogP contribution in [0.15, 0.2) is 53.3 Å². The van der Waals surface area contributed by atoms with Crippen molar-refractivity contribution in [1.82, 2.24) is 14.9 Å². The Hall–Kier alpha value is -2.73. The molecule has 0 unspecified atom stereocenters. The topological polar surface area (TPSA) is 58.2 Å². The normalized spacial score (nSPS) is 11.1. The van der Waals surface area contributed by atoms with Gasteiger partial charge < -0.3 is 9.72 Å². The molecule has 1 heterocycles. The molecular formula is C18H18FN3O2. The highest BCUT2D eigenvalue weighted by atomic mass is 19.1. The first-order valence-electron chi connectivity index (χ1n) is 7.67. The van der Waals surface area contributed by atoms with Crippen molar-refractivity contribution < 1.29 is 9.13 Å². The van der Waals surface area contributed by atoms with Crippen molar-refractivity contribution in [2.24, 2.45) is 0 Å². The van der Waals surface area contributed by atoms with E-state index in [1.165, 1.54) is 6.07 Å². The summed E-state index contributed by atoms with van der Waals surface area (Å²) < 4.78 is 18.9. The van der Waals surface area contributed by atoms with Crippen LogP contribution in [0.5, 0.6) is 5.75 Å². The number of aromatic amines is 1. The van der Waals surface area contributed by atoms with Crippen LogP contribution in [-0.4, -0.2) is 35.1 Å². The maximum Gasteiger partial charge on any atom is 0.258 e. The lowest BCUT2D eigenvalue weighted by Gasteiger charge is -2.16. The smallest absolute Gasteiger partial charge is 0.258 e. The van der Waals surface area contributed by atoms with Gasteiger partial charge in [-0.3, -0.25) is 9.69 Å². The van der Waals surface area contributed by atoms with Crippen molar-refractivity contribution in [3.63, 3.8) is 0 Å². The molecular weight excluding hydrogens is 309 g/mol. The molecule has 2 aromatic carbocycles. The van der Waals surface area contributed by atoms with Gasteiger partial charge in [0.1, 0.15) is 12.4 Å². The molecule has 0 aliphatic rings. The van der Waals surface area contributed by atoms with Crippen LogP contribution in [0.2, 0.25) is 0 Å². The first-order valence-corrected chi connectivity index (χ1v) is 7.67. The fourth-order valence-corrected chi connectivity index (χ4v) is 2.42. The maximum atomic E-state index is 13.5. The molecule has 0 radical (unpaired) electrons. The molecule has 0 aliphatic carbocycles. The van der Waals surface area contributed by atoms with Gasteiger partial charge in [-0.1, -0.05) is 24.3 Å². The molecule has 124 valence electrons. The van der Waals surface area contributed by atoms with Gasteiger partial charge in [0.05, 0.1) is 17.4 Å². The van der Waals surface area contributed by atoms with E-state index in [9.17, 15) is 9.18 Å². The predicted molar refractivity (Wildman–Crippen MR) is 90.6 cm³/mol. The third-order valence-electron chi connectivity index (χ3n) is 3.65. The molecule has 24 heavy (non-hydrogen) atoms. The van der Waals surface area contributed by atoms with Crippen LogP contribution < -0.4 is 10.3 Å². The molecule has 0 fully saturated rings. The highest BCUT2D eigenvalue weighted by Gasteiger charge is 2.07. The van der Waals surface area contributed by atoms with E-state index >= 15 is 0 Å². The minimum absolute atomic E-state index is 0.147. The fourth-order valence-electron chi connectivity index (χ4n) is 2.42. The summed E-state index contributed by atoms with van der Waals surface area (Å²) in [4.78, 5) is 21.2. The first-order chi connectivity index (χ1) is 11.6. The lowest BCUT2D eigenvalue weighted by atomic mass is 10.2. The van der Waals surface area contributed by atoms with Gasteiger partial charge in [-0.05, 0) is 31.3 Å². The number of benzene rings is 2. The molecule has 0 aliphatic heterocycles. The van der Waals surface area contributed by atoms with Gasteiger partial charge in [0, 0.05) is 6.54 Å². The van der Waals surface area contributed by atoms with Crippen LogP contribution in [0.4, 0.5) is 4.39 Å². The average Bonchev–Trinajstić information content (AvgIpc) is 2.57. The number of ether oxygens (including phenoxy) is 1. The Morgan fingerprint density at radius 2 is 1.92 bits per heavy atom. The number of hydrogen-bond acceptors (Lipinski definition) is 4. The van der Waals surface area contributed by atoms with Crippen LogP contribution in [0.1, 0.15) is 5.82 Å². The summed E-state index contributed by atoms with van der Waals surface area (Å²) in [6, 6.07) is 13.5. The summed E-state index contributed by atoms with van der Waals surface area (Å²) in [6.07, 6.45) is 0. The van der Waals surface area contributed by atoms with Gasteiger partial charge in [0.2, 0.25) is 0 Å². The van der Waals surface area contributed by atoms with E-state index in [1.54, 1.807) is 24.3 Å². The van der Waals surface area contributed by atoms with Crippen LogP contribution in [0, 0.1) is 5.82 Å². The standard InChI is InChI=1S/C18H18FN3O2/c1-22(10-11-24-16-9-5-3-7-14(16)19)12-17-20-15-8-4-2-6-13(15)18(23)21-17/h2-9H,10-12H2,1H3,(H,20,21,23). The fraction of sp³-hybridized carbons (Fsp3) is 0.222. The molecule has 3 aromatic rings. The van der Waals surface area contributed by atoms with Gasteiger partial charge in [-0.25, -0.2) is 9.37 Å². The highest BCUT2D eigenvalue weighted by molar-refractivity contribution is 5.77. The molecule has 5 nitrogen and oxygen atoms in total. The highest BCUT2D eigenvalue weighted by Crippen LogP contribution is 2.15. The van der Waals surface area contributed by atoms with Crippen LogP contribution in [-0.2, 0) is 6.54 Å². The van der Waals surface area contributed by atoms with E-state index in [0.29, 0.717) is 36.4 Å². The zero-order valence-electron chi connectivity index (χ0n) is 13.3. The van der Waals surface area contributed by atoms with Crippen molar-refractivity contribution >= 4 is 10.9 Å². The van der Waals surface area contributed by atoms with Gasteiger partial charge in [0.15, 0.2) is 11.6 Å². The number of fused-ring (bicyclic) bond motifs is 1. The molecule has 0 atom stereocenters. The van der Waals surface area contributed by atoms with E-state index in [2.05, 4.69) is 9.97 Å². The number of nitrogens with zero attached hydrogens (tertiary/aromatic N) is 2. The monoisotopic (exact) mass is 327 g/mol. The maximum absolute atomic E-state index is 13.5. The Kier molecular flexibility index (Phi) is 4.86. The Morgan fingerprint density at radius 3 is 2.75 bits per heavy atom. The minimum Gasteiger partial charge on any atom is -0.489 e. The number of hydrogen-bond donors (Lipinski definition) is 1. The summed E-state index contributed by atoms with van der Waals surface area (Å²) >= 11 is 0. The van der Waals surface area contributed by atoms with Gasteiger partial charge in [-0.15, -0.1) is 0 Å². The van der Waals surface area contributed by atoms with Gasteiger partial charge in [0.25, 0.3) is 5.56 Å². The first kappa shape index (κ1) is 16.1. The zero-order chi connectivity index (χ0) is 16.9. The van der Waals surface area contributed by atoms with Gasteiger partial charge >= 0.3 is 0 Å². The second-order valence-electron chi connectivity index (χ2n) is 5.55. The Labute approximate surface area is 138 Å². The number of likely N-dealkylation sites (N-methyl/N-ethyl adjacent to an activating group) is 1. The van der Waals surface area contributed by atoms with E-state index in [0.717, 1.165) is 0 Å². The summed E-state index contributed by atoms with van der Waals surface area (Å²) in [5.74, 6) is 0.455. The number of nitrogens with one attached hydrogen (secondary N) is 1. The van der Waals surface area contributed by atoms with Crippen molar-refractivity contribution in [1.29, 1.82) is 0 Å². The summed E-state index contributed by atoms with van der Waals surface area (Å²) in [6.45, 7) is 1.39. The lowest BCUT2D eigenvalue weighted by molar-refractivity contribution is 0.224. The number of para-hydroxylation sites is 2. The largest absolute Gasteiger partial charge is 0.489 e. The Bertz CT molecular complexity index is 895.